The minimum Gasteiger partial charge on any atom is -0.388 e. The van der Waals surface area contributed by atoms with Crippen LogP contribution in [0.4, 0.5) is 0 Å². The fourth-order valence-electron chi connectivity index (χ4n) is 2.44. The summed E-state index contributed by atoms with van der Waals surface area (Å²) >= 11 is 1.72. The third-order valence-corrected chi connectivity index (χ3v) is 4.48. The molecular formula is C17H24OS. The van der Waals surface area contributed by atoms with E-state index in [4.69, 9.17) is 0 Å². The molecule has 1 atom stereocenters. The Labute approximate surface area is 120 Å². The molecule has 0 radical (unpaired) electrons. The molecule has 0 aliphatic rings. The molecule has 2 heteroatoms. The van der Waals surface area contributed by atoms with Crippen molar-refractivity contribution in [2.75, 3.05) is 0 Å². The summed E-state index contributed by atoms with van der Waals surface area (Å²) in [7, 11) is 0. The number of benzene rings is 1. The summed E-state index contributed by atoms with van der Waals surface area (Å²) in [4.78, 5) is 1.10. The minimum absolute atomic E-state index is 0.314. The SMILES string of the molecule is CC(C)Cc1ccc2sc(C(O)CC(C)C)cc2c1. The highest BCUT2D eigenvalue weighted by molar-refractivity contribution is 7.19. The molecule has 0 saturated heterocycles. The van der Waals surface area contributed by atoms with E-state index in [9.17, 15) is 5.11 Å². The van der Waals surface area contributed by atoms with Gasteiger partial charge in [-0.1, -0.05) is 39.8 Å². The number of hydrogen-bond acceptors (Lipinski definition) is 2. The average Bonchev–Trinajstić information content (AvgIpc) is 2.70. The van der Waals surface area contributed by atoms with Gasteiger partial charge in [-0.25, -0.2) is 0 Å². The van der Waals surface area contributed by atoms with Crippen LogP contribution in [0.2, 0.25) is 0 Å². The molecular weight excluding hydrogens is 252 g/mol. The number of fused-ring (bicyclic) bond motifs is 1. The molecule has 1 nitrogen and oxygen atoms in total. The smallest absolute Gasteiger partial charge is 0.0884 e. The van der Waals surface area contributed by atoms with Gasteiger partial charge < -0.3 is 5.11 Å². The molecule has 2 aromatic rings. The lowest BCUT2D eigenvalue weighted by atomic mass is 10.0. The fourth-order valence-corrected chi connectivity index (χ4v) is 3.48. The average molecular weight is 276 g/mol. The van der Waals surface area contributed by atoms with Crippen LogP contribution in [0.1, 0.15) is 50.7 Å². The zero-order chi connectivity index (χ0) is 14.0. The Morgan fingerprint density at radius 1 is 1.05 bits per heavy atom. The van der Waals surface area contributed by atoms with Gasteiger partial charge in [-0.15, -0.1) is 11.3 Å². The molecule has 1 heterocycles. The van der Waals surface area contributed by atoms with Gasteiger partial charge in [0, 0.05) is 9.58 Å². The molecule has 2 rings (SSSR count). The molecule has 104 valence electrons. The van der Waals surface area contributed by atoms with Crippen LogP contribution in [0.3, 0.4) is 0 Å². The highest BCUT2D eigenvalue weighted by Crippen LogP contribution is 2.33. The largest absolute Gasteiger partial charge is 0.388 e. The Kier molecular flexibility index (Phi) is 4.64. The van der Waals surface area contributed by atoms with Crippen molar-refractivity contribution >= 4 is 21.4 Å². The highest BCUT2D eigenvalue weighted by atomic mass is 32.1. The van der Waals surface area contributed by atoms with Gasteiger partial charge in [-0.3, -0.25) is 0 Å². The lowest BCUT2D eigenvalue weighted by Gasteiger charge is -2.10. The standard InChI is InChI=1S/C17H24OS/c1-11(2)7-13-5-6-16-14(9-13)10-17(19-16)15(18)8-12(3)4/h5-6,9-12,15,18H,7-8H2,1-4H3. The molecule has 19 heavy (non-hydrogen) atoms. The van der Waals surface area contributed by atoms with Gasteiger partial charge in [0.05, 0.1) is 6.10 Å². The van der Waals surface area contributed by atoms with Crippen LogP contribution in [0.25, 0.3) is 10.1 Å². The molecule has 0 saturated carbocycles. The molecule has 1 aromatic heterocycles. The highest BCUT2D eigenvalue weighted by Gasteiger charge is 2.13. The normalized spacial score (nSPS) is 13.6. The second-order valence-corrected chi connectivity index (χ2v) is 7.38. The maximum absolute atomic E-state index is 10.2. The topological polar surface area (TPSA) is 20.2 Å². The summed E-state index contributed by atoms with van der Waals surface area (Å²) < 4.78 is 1.28. The Bertz CT molecular complexity index is 539. The van der Waals surface area contributed by atoms with Gasteiger partial charge in [0.2, 0.25) is 0 Å². The van der Waals surface area contributed by atoms with Crippen molar-refractivity contribution < 1.29 is 5.11 Å². The number of aliphatic hydroxyl groups is 1. The van der Waals surface area contributed by atoms with E-state index in [0.717, 1.165) is 17.7 Å². The molecule has 1 aromatic carbocycles. The Hall–Kier alpha value is -0.860. The molecule has 0 spiro atoms. The van der Waals surface area contributed by atoms with E-state index in [0.29, 0.717) is 11.8 Å². The molecule has 1 N–H and O–H groups in total. The van der Waals surface area contributed by atoms with Crippen LogP contribution in [-0.2, 0) is 6.42 Å². The van der Waals surface area contributed by atoms with Crippen molar-refractivity contribution in [2.45, 2.75) is 46.6 Å². The zero-order valence-electron chi connectivity index (χ0n) is 12.3. The lowest BCUT2D eigenvalue weighted by molar-refractivity contribution is 0.154. The van der Waals surface area contributed by atoms with Crippen LogP contribution in [0, 0.1) is 11.8 Å². The minimum atomic E-state index is -0.314. The summed E-state index contributed by atoms with van der Waals surface area (Å²) in [6.07, 6.45) is 1.65. The van der Waals surface area contributed by atoms with E-state index < -0.39 is 0 Å². The van der Waals surface area contributed by atoms with E-state index in [1.165, 1.54) is 15.6 Å². The molecule has 1 unspecified atom stereocenters. The third kappa shape index (κ3) is 3.80. The summed E-state index contributed by atoms with van der Waals surface area (Å²) in [6, 6.07) is 8.86. The summed E-state index contributed by atoms with van der Waals surface area (Å²) in [5, 5.41) is 11.5. The zero-order valence-corrected chi connectivity index (χ0v) is 13.1. The van der Waals surface area contributed by atoms with Crippen LogP contribution in [0.15, 0.2) is 24.3 Å². The number of thiophene rings is 1. The van der Waals surface area contributed by atoms with E-state index in [2.05, 4.69) is 52.0 Å². The number of hydrogen-bond donors (Lipinski definition) is 1. The molecule has 0 amide bonds. The Morgan fingerprint density at radius 3 is 2.42 bits per heavy atom. The van der Waals surface area contributed by atoms with E-state index in [1.807, 2.05) is 0 Å². The lowest BCUT2D eigenvalue weighted by Crippen LogP contribution is -1.99. The molecule has 0 aliphatic heterocycles. The van der Waals surface area contributed by atoms with E-state index in [-0.39, 0.29) is 6.10 Å². The Morgan fingerprint density at radius 2 is 1.79 bits per heavy atom. The first-order valence-electron chi connectivity index (χ1n) is 7.16. The molecule has 0 aliphatic carbocycles. The molecule has 0 fully saturated rings. The van der Waals surface area contributed by atoms with E-state index in [1.54, 1.807) is 11.3 Å². The fraction of sp³-hybridized carbons (Fsp3) is 0.529. The summed E-state index contributed by atoms with van der Waals surface area (Å²) in [6.45, 7) is 8.79. The van der Waals surface area contributed by atoms with E-state index >= 15 is 0 Å². The van der Waals surface area contributed by atoms with Gasteiger partial charge >= 0.3 is 0 Å². The van der Waals surface area contributed by atoms with Gasteiger partial charge in [0.1, 0.15) is 0 Å². The Balaban J connectivity index is 2.25. The predicted octanol–water partition coefficient (Wildman–Crippen LogP) is 5.18. The van der Waals surface area contributed by atoms with Crippen LogP contribution in [-0.4, -0.2) is 5.11 Å². The second kappa shape index (κ2) is 6.06. The maximum atomic E-state index is 10.2. The second-order valence-electron chi connectivity index (χ2n) is 6.26. The maximum Gasteiger partial charge on any atom is 0.0884 e. The van der Waals surface area contributed by atoms with Crippen molar-refractivity contribution in [3.63, 3.8) is 0 Å². The number of aliphatic hydroxyl groups excluding tert-OH is 1. The third-order valence-electron chi connectivity index (χ3n) is 3.27. The van der Waals surface area contributed by atoms with Crippen molar-refractivity contribution in [1.82, 2.24) is 0 Å². The van der Waals surface area contributed by atoms with Gasteiger partial charge in [0.25, 0.3) is 0 Å². The summed E-state index contributed by atoms with van der Waals surface area (Å²) in [5.41, 5.74) is 1.39. The van der Waals surface area contributed by atoms with Crippen molar-refractivity contribution in [3.05, 3.63) is 34.7 Å². The number of rotatable bonds is 5. The van der Waals surface area contributed by atoms with Gasteiger partial charge in [0.15, 0.2) is 0 Å². The molecule has 0 bridgehead atoms. The van der Waals surface area contributed by atoms with Crippen LogP contribution in [0.5, 0.6) is 0 Å². The first-order chi connectivity index (χ1) is 8.95. The van der Waals surface area contributed by atoms with Crippen LogP contribution < -0.4 is 0 Å². The van der Waals surface area contributed by atoms with Gasteiger partial charge in [-0.2, -0.15) is 0 Å². The first kappa shape index (κ1) is 14.5. The van der Waals surface area contributed by atoms with Crippen molar-refractivity contribution in [3.8, 4) is 0 Å². The predicted molar refractivity (Wildman–Crippen MR) is 84.8 cm³/mol. The van der Waals surface area contributed by atoms with Crippen molar-refractivity contribution in [1.29, 1.82) is 0 Å². The van der Waals surface area contributed by atoms with Crippen molar-refractivity contribution in [2.24, 2.45) is 11.8 Å². The quantitative estimate of drug-likeness (QED) is 0.798. The summed E-state index contributed by atoms with van der Waals surface area (Å²) in [5.74, 6) is 1.21. The monoisotopic (exact) mass is 276 g/mol. The van der Waals surface area contributed by atoms with Crippen LogP contribution >= 0.6 is 11.3 Å². The van der Waals surface area contributed by atoms with Gasteiger partial charge in [-0.05, 0) is 47.8 Å². The first-order valence-corrected chi connectivity index (χ1v) is 7.97.